The summed E-state index contributed by atoms with van der Waals surface area (Å²) >= 11 is 0. The Morgan fingerprint density at radius 1 is 1.09 bits per heavy atom. The van der Waals surface area contributed by atoms with Crippen LogP contribution in [0, 0.1) is 0 Å². The fraction of sp³-hybridized carbons (Fsp3) is 0.160. The molecule has 0 aliphatic rings. The molecule has 0 amide bonds. The number of halogens is 3. The number of pyridine rings is 2. The molecule has 0 unspecified atom stereocenters. The van der Waals surface area contributed by atoms with Gasteiger partial charge in [0.05, 0.1) is 0 Å². The van der Waals surface area contributed by atoms with Gasteiger partial charge in [0.1, 0.15) is 5.52 Å². The molecular formula is C25H22F3N5O2. The first-order valence-corrected chi connectivity index (χ1v) is 10.7. The van der Waals surface area contributed by atoms with Crippen LogP contribution in [0.2, 0.25) is 0 Å². The minimum Gasteiger partial charge on any atom is -0.404 e. The highest BCUT2D eigenvalue weighted by molar-refractivity contribution is 6.11. The van der Waals surface area contributed by atoms with Gasteiger partial charge in [0.2, 0.25) is 0 Å². The van der Waals surface area contributed by atoms with Gasteiger partial charge in [-0.25, -0.2) is 0 Å². The van der Waals surface area contributed by atoms with E-state index in [1.165, 1.54) is 15.2 Å². The van der Waals surface area contributed by atoms with Gasteiger partial charge in [-0.1, -0.05) is 30.3 Å². The van der Waals surface area contributed by atoms with E-state index >= 15 is 0 Å². The van der Waals surface area contributed by atoms with Crippen LogP contribution in [0.25, 0.3) is 38.7 Å². The number of hydrogen-bond acceptors (Lipinski definition) is 4. The number of aromatic amines is 1. The molecule has 0 aliphatic heterocycles. The molecule has 7 nitrogen and oxygen atoms in total. The van der Waals surface area contributed by atoms with E-state index in [-0.39, 0.29) is 27.9 Å². The van der Waals surface area contributed by atoms with Crippen molar-refractivity contribution in [3.05, 3.63) is 87.5 Å². The van der Waals surface area contributed by atoms with Crippen LogP contribution in [0.4, 0.5) is 13.2 Å². The van der Waals surface area contributed by atoms with E-state index in [1.54, 1.807) is 32.4 Å². The molecule has 4 rings (SSSR count). The smallest absolute Gasteiger partial charge is 0.404 e. The minimum absolute atomic E-state index is 0.0424. The van der Waals surface area contributed by atoms with Crippen molar-refractivity contribution >= 4 is 22.7 Å². The van der Waals surface area contributed by atoms with E-state index in [0.29, 0.717) is 29.3 Å². The molecule has 10 heteroatoms. The number of aliphatic imine (C=N–C) groups is 1. The number of nitrogens with zero attached hydrogens (tertiary/aromatic N) is 3. The predicted octanol–water partition coefficient (Wildman–Crippen LogP) is 4.27. The summed E-state index contributed by atoms with van der Waals surface area (Å²) in [5.74, 6) is 0. The Balaban J connectivity index is 2.04. The Hall–Kier alpha value is -4.34. The summed E-state index contributed by atoms with van der Waals surface area (Å²) in [4.78, 5) is 31.2. The number of hydrogen-bond donors (Lipinski definition) is 2. The standard InChI is InChI=1S/C25H22F3N5O2/c1-3-33-14-20(17-10-22(34)32(2)13-19(17)15-7-5-4-6-8-15)18-9-21(31-23(18)24(33)35)16(11-29)12-30-25(26,27)28/h4-14,31H,3,29H2,1-2H3. The van der Waals surface area contributed by atoms with Crippen molar-refractivity contribution < 1.29 is 13.2 Å². The highest BCUT2D eigenvalue weighted by Gasteiger charge is 2.25. The predicted molar refractivity (Wildman–Crippen MR) is 131 cm³/mol. The lowest BCUT2D eigenvalue weighted by Crippen LogP contribution is -2.20. The molecule has 180 valence electrons. The number of allylic oxidation sites excluding steroid dienone is 1. The first-order chi connectivity index (χ1) is 16.6. The van der Waals surface area contributed by atoms with Crippen molar-refractivity contribution in [1.82, 2.24) is 14.1 Å². The van der Waals surface area contributed by atoms with Crippen molar-refractivity contribution in [2.75, 3.05) is 0 Å². The number of fused-ring (bicyclic) bond motifs is 1. The zero-order valence-corrected chi connectivity index (χ0v) is 18.9. The maximum atomic E-state index is 13.1. The van der Waals surface area contributed by atoms with Crippen LogP contribution in [0.1, 0.15) is 12.6 Å². The lowest BCUT2D eigenvalue weighted by atomic mass is 9.95. The van der Waals surface area contributed by atoms with Crippen molar-refractivity contribution in [1.29, 1.82) is 0 Å². The molecule has 3 heterocycles. The van der Waals surface area contributed by atoms with Gasteiger partial charge in [-0.3, -0.25) is 9.59 Å². The largest absolute Gasteiger partial charge is 0.503 e. The third kappa shape index (κ3) is 4.68. The second-order valence-electron chi connectivity index (χ2n) is 7.87. The molecule has 3 aromatic heterocycles. The maximum Gasteiger partial charge on any atom is 0.503 e. The molecule has 3 N–H and O–H groups in total. The van der Waals surface area contributed by atoms with E-state index in [2.05, 4.69) is 9.98 Å². The average molecular weight is 481 g/mol. The van der Waals surface area contributed by atoms with Crippen molar-refractivity contribution in [3.8, 4) is 22.3 Å². The second kappa shape index (κ2) is 9.13. The second-order valence-corrected chi connectivity index (χ2v) is 7.87. The SMILES string of the molecule is CCn1cc(-c2cc(=O)n(C)cc2-c2ccccc2)c2cc(C(C=NC(F)(F)F)=CN)[nH]c2c1=O. The van der Waals surface area contributed by atoms with E-state index < -0.39 is 6.30 Å². The Kier molecular flexibility index (Phi) is 6.21. The third-order valence-electron chi connectivity index (χ3n) is 5.65. The Labute approximate surface area is 197 Å². The van der Waals surface area contributed by atoms with Crippen LogP contribution in [0.15, 0.2) is 75.6 Å². The summed E-state index contributed by atoms with van der Waals surface area (Å²) < 4.78 is 40.8. The molecular weight excluding hydrogens is 459 g/mol. The number of aryl methyl sites for hydroxylation is 2. The Bertz CT molecular complexity index is 1580. The average Bonchev–Trinajstić information content (AvgIpc) is 3.27. The molecule has 0 bridgehead atoms. The lowest BCUT2D eigenvalue weighted by molar-refractivity contribution is -0.118. The lowest BCUT2D eigenvalue weighted by Gasteiger charge is -2.14. The summed E-state index contributed by atoms with van der Waals surface area (Å²) in [6.07, 6.45) is 0.172. The number of nitrogens with one attached hydrogen (secondary N) is 1. The van der Waals surface area contributed by atoms with Gasteiger partial charge in [-0.05, 0) is 24.1 Å². The normalized spacial score (nSPS) is 12.7. The van der Waals surface area contributed by atoms with Crippen LogP contribution >= 0.6 is 0 Å². The zero-order chi connectivity index (χ0) is 25.3. The molecule has 0 radical (unpaired) electrons. The summed E-state index contributed by atoms with van der Waals surface area (Å²) in [5, 5.41) is 0.444. The monoisotopic (exact) mass is 481 g/mol. The van der Waals surface area contributed by atoms with E-state index in [4.69, 9.17) is 5.73 Å². The van der Waals surface area contributed by atoms with Gasteiger partial charge in [0.25, 0.3) is 11.1 Å². The number of benzene rings is 1. The first-order valence-electron chi connectivity index (χ1n) is 10.7. The van der Waals surface area contributed by atoms with Gasteiger partial charge >= 0.3 is 6.30 Å². The van der Waals surface area contributed by atoms with Gasteiger partial charge in [0.15, 0.2) is 0 Å². The van der Waals surface area contributed by atoms with E-state index in [1.807, 2.05) is 30.3 Å². The number of nitrogens with two attached hydrogens (primary N) is 1. The fourth-order valence-corrected chi connectivity index (χ4v) is 3.91. The van der Waals surface area contributed by atoms with Crippen LogP contribution in [-0.4, -0.2) is 26.6 Å². The van der Waals surface area contributed by atoms with Gasteiger partial charge in [-0.2, -0.15) is 4.99 Å². The van der Waals surface area contributed by atoms with Crippen LogP contribution in [0.5, 0.6) is 0 Å². The molecule has 0 atom stereocenters. The van der Waals surface area contributed by atoms with E-state index in [9.17, 15) is 22.8 Å². The Morgan fingerprint density at radius 2 is 1.80 bits per heavy atom. The summed E-state index contributed by atoms with van der Waals surface area (Å²) in [6, 6.07) is 12.5. The maximum absolute atomic E-state index is 13.1. The highest BCUT2D eigenvalue weighted by Crippen LogP contribution is 2.35. The van der Waals surface area contributed by atoms with Gasteiger partial charge < -0.3 is 19.9 Å². The van der Waals surface area contributed by atoms with E-state index in [0.717, 1.165) is 17.3 Å². The van der Waals surface area contributed by atoms with Crippen LogP contribution in [-0.2, 0) is 13.6 Å². The fourth-order valence-electron chi connectivity index (χ4n) is 3.91. The number of rotatable bonds is 5. The third-order valence-corrected chi connectivity index (χ3v) is 5.65. The highest BCUT2D eigenvalue weighted by atomic mass is 19.4. The molecule has 1 aromatic carbocycles. The summed E-state index contributed by atoms with van der Waals surface area (Å²) in [6.45, 7) is 2.14. The van der Waals surface area contributed by atoms with Crippen molar-refractivity contribution in [2.45, 2.75) is 19.8 Å². The molecule has 0 aliphatic carbocycles. The van der Waals surface area contributed by atoms with Crippen molar-refractivity contribution in [3.63, 3.8) is 0 Å². The number of alkyl halides is 3. The molecule has 0 saturated heterocycles. The molecule has 0 saturated carbocycles. The topological polar surface area (TPSA) is 98.2 Å². The minimum atomic E-state index is -4.77. The molecule has 0 fully saturated rings. The van der Waals surface area contributed by atoms with Gasteiger partial charge in [-0.15, -0.1) is 13.2 Å². The first kappa shape index (κ1) is 23.8. The van der Waals surface area contributed by atoms with Crippen molar-refractivity contribution in [2.24, 2.45) is 17.8 Å². The summed E-state index contributed by atoms with van der Waals surface area (Å²) in [5.41, 5.74) is 8.06. The Morgan fingerprint density at radius 3 is 2.43 bits per heavy atom. The molecule has 0 spiro atoms. The number of H-pyrrole nitrogens is 1. The van der Waals surface area contributed by atoms with Crippen LogP contribution in [0.3, 0.4) is 0 Å². The van der Waals surface area contributed by atoms with Gasteiger partial charge in [0, 0.05) is 72.2 Å². The number of aromatic nitrogens is 3. The molecule has 4 aromatic rings. The van der Waals surface area contributed by atoms with Crippen LogP contribution < -0.4 is 16.9 Å². The summed E-state index contributed by atoms with van der Waals surface area (Å²) in [7, 11) is 1.65. The quantitative estimate of drug-likeness (QED) is 0.329. The zero-order valence-electron chi connectivity index (χ0n) is 18.9. The molecule has 35 heavy (non-hydrogen) atoms.